The number of guanidine groups is 1. The molecule has 5 nitrogen and oxygen atoms in total. The molecule has 8 heteroatoms. The van der Waals surface area contributed by atoms with Crippen LogP contribution in [-0.2, 0) is 16.0 Å². The van der Waals surface area contributed by atoms with E-state index >= 15 is 0 Å². The first-order valence-corrected chi connectivity index (χ1v) is 9.47. The van der Waals surface area contributed by atoms with Gasteiger partial charge in [-0.1, -0.05) is 15.9 Å². The van der Waals surface area contributed by atoms with Crippen LogP contribution in [-0.4, -0.2) is 57.4 Å². The van der Waals surface area contributed by atoms with E-state index in [9.17, 15) is 4.39 Å². The lowest BCUT2D eigenvalue weighted by atomic mass is 10.1. The number of halogens is 3. The summed E-state index contributed by atoms with van der Waals surface area (Å²) in [6.07, 6.45) is 1.08. The zero-order valence-electron chi connectivity index (χ0n) is 15.3. The molecule has 0 amide bonds. The fraction of sp³-hybridized carbons (Fsp3) is 0.611. The van der Waals surface area contributed by atoms with Crippen LogP contribution in [0.5, 0.6) is 0 Å². The number of aliphatic imine (C=N–C) groups is 1. The maximum atomic E-state index is 13.4. The standard InChI is InChI=1S/C18H27BrFN3O2.HI/c1-3-21-18(22-11-15-10-16(20)4-5-17(15)19)23-7-6-14(12-23)13-25-9-8-24-2;/h4-5,10,14H,3,6-9,11-13H2,1-2H3,(H,21,22);1H. The third-order valence-electron chi connectivity index (χ3n) is 4.11. The van der Waals surface area contributed by atoms with Crippen LogP contribution in [0.15, 0.2) is 27.7 Å². The fourth-order valence-electron chi connectivity index (χ4n) is 2.80. The molecule has 1 aromatic carbocycles. The molecule has 1 atom stereocenters. The monoisotopic (exact) mass is 543 g/mol. The summed E-state index contributed by atoms with van der Waals surface area (Å²) in [6, 6.07) is 4.68. The summed E-state index contributed by atoms with van der Waals surface area (Å²) in [4.78, 5) is 6.94. The van der Waals surface area contributed by atoms with Gasteiger partial charge in [0.2, 0.25) is 0 Å². The Morgan fingerprint density at radius 1 is 1.42 bits per heavy atom. The van der Waals surface area contributed by atoms with E-state index in [-0.39, 0.29) is 29.8 Å². The molecule has 1 aliphatic heterocycles. The summed E-state index contributed by atoms with van der Waals surface area (Å²) in [5.74, 6) is 1.13. The summed E-state index contributed by atoms with van der Waals surface area (Å²) >= 11 is 3.46. The predicted octanol–water partition coefficient (Wildman–Crippen LogP) is 3.66. The Bertz CT molecular complexity index is 577. The molecule has 0 saturated carbocycles. The average Bonchev–Trinajstić information content (AvgIpc) is 3.07. The summed E-state index contributed by atoms with van der Waals surface area (Å²) in [6.45, 7) is 7.17. The van der Waals surface area contributed by atoms with E-state index in [1.807, 2.05) is 0 Å². The number of ether oxygens (including phenoxy) is 2. The maximum Gasteiger partial charge on any atom is 0.194 e. The van der Waals surface area contributed by atoms with E-state index in [4.69, 9.17) is 9.47 Å². The Morgan fingerprint density at radius 3 is 2.96 bits per heavy atom. The number of methoxy groups -OCH3 is 1. The molecule has 0 radical (unpaired) electrons. The van der Waals surface area contributed by atoms with Crippen LogP contribution < -0.4 is 5.32 Å². The van der Waals surface area contributed by atoms with Crippen LogP contribution in [0.4, 0.5) is 4.39 Å². The van der Waals surface area contributed by atoms with Gasteiger partial charge in [-0.05, 0) is 37.1 Å². The molecule has 0 aliphatic carbocycles. The molecule has 1 aliphatic rings. The normalized spacial score (nSPS) is 17.3. The summed E-state index contributed by atoms with van der Waals surface area (Å²) in [5.41, 5.74) is 0.842. The van der Waals surface area contributed by atoms with Gasteiger partial charge in [-0.25, -0.2) is 9.38 Å². The third kappa shape index (κ3) is 7.66. The van der Waals surface area contributed by atoms with Crippen molar-refractivity contribution in [2.45, 2.75) is 19.9 Å². The van der Waals surface area contributed by atoms with E-state index in [0.717, 1.165) is 48.7 Å². The van der Waals surface area contributed by atoms with Crippen LogP contribution in [0.3, 0.4) is 0 Å². The van der Waals surface area contributed by atoms with Crippen LogP contribution >= 0.6 is 39.9 Å². The largest absolute Gasteiger partial charge is 0.382 e. The molecule has 26 heavy (non-hydrogen) atoms. The van der Waals surface area contributed by atoms with Gasteiger partial charge in [0.05, 0.1) is 26.4 Å². The molecule has 1 fully saturated rings. The SMILES string of the molecule is CCNC(=NCc1cc(F)ccc1Br)N1CCC(COCCOC)C1.I. The number of hydrogen-bond acceptors (Lipinski definition) is 3. The molecule has 1 N–H and O–H groups in total. The second kappa shape index (κ2) is 12.9. The molecule has 0 aromatic heterocycles. The molecule has 148 valence electrons. The van der Waals surface area contributed by atoms with Gasteiger partial charge in [0, 0.05) is 37.1 Å². The number of benzene rings is 1. The summed E-state index contributed by atoms with van der Waals surface area (Å²) in [5, 5.41) is 3.33. The van der Waals surface area contributed by atoms with Crippen molar-refractivity contribution in [3.8, 4) is 0 Å². The molecule has 2 rings (SSSR count). The molecule has 1 saturated heterocycles. The molecule has 1 aromatic rings. The van der Waals surface area contributed by atoms with Gasteiger partial charge in [-0.15, -0.1) is 24.0 Å². The molecule has 1 heterocycles. The first kappa shape index (κ1) is 23.6. The van der Waals surface area contributed by atoms with Gasteiger partial charge in [0.25, 0.3) is 0 Å². The topological polar surface area (TPSA) is 46.1 Å². The van der Waals surface area contributed by atoms with E-state index in [0.29, 0.717) is 25.7 Å². The minimum absolute atomic E-state index is 0. The van der Waals surface area contributed by atoms with Crippen molar-refractivity contribution in [2.75, 3.05) is 46.6 Å². The van der Waals surface area contributed by atoms with Crippen molar-refractivity contribution < 1.29 is 13.9 Å². The van der Waals surface area contributed by atoms with Crippen molar-refractivity contribution in [1.82, 2.24) is 10.2 Å². The quantitative estimate of drug-likeness (QED) is 0.235. The lowest BCUT2D eigenvalue weighted by Gasteiger charge is -2.22. The highest BCUT2D eigenvalue weighted by molar-refractivity contribution is 14.0. The number of rotatable bonds is 8. The van der Waals surface area contributed by atoms with Crippen LogP contribution in [0, 0.1) is 11.7 Å². The van der Waals surface area contributed by atoms with E-state index in [2.05, 4.69) is 38.1 Å². The molecule has 1 unspecified atom stereocenters. The fourth-order valence-corrected chi connectivity index (χ4v) is 3.18. The second-order valence-electron chi connectivity index (χ2n) is 6.07. The van der Waals surface area contributed by atoms with Gasteiger partial charge < -0.3 is 19.7 Å². The Morgan fingerprint density at radius 2 is 2.23 bits per heavy atom. The Labute approximate surface area is 180 Å². The Kier molecular flexibility index (Phi) is 11.7. The highest BCUT2D eigenvalue weighted by atomic mass is 127. The molecular weight excluding hydrogens is 516 g/mol. The maximum absolute atomic E-state index is 13.4. The first-order chi connectivity index (χ1) is 12.1. The van der Waals surface area contributed by atoms with Gasteiger partial charge in [-0.2, -0.15) is 0 Å². The van der Waals surface area contributed by atoms with Crippen LogP contribution in [0.25, 0.3) is 0 Å². The van der Waals surface area contributed by atoms with Gasteiger partial charge in [0.15, 0.2) is 5.96 Å². The second-order valence-corrected chi connectivity index (χ2v) is 6.93. The highest BCUT2D eigenvalue weighted by Crippen LogP contribution is 2.20. The molecular formula is C18H28BrFIN3O2. The van der Waals surface area contributed by atoms with Crippen LogP contribution in [0.1, 0.15) is 18.9 Å². The van der Waals surface area contributed by atoms with E-state index < -0.39 is 0 Å². The smallest absolute Gasteiger partial charge is 0.194 e. The molecule has 0 spiro atoms. The third-order valence-corrected chi connectivity index (χ3v) is 4.89. The van der Waals surface area contributed by atoms with Crippen molar-refractivity contribution in [3.05, 3.63) is 34.1 Å². The lowest BCUT2D eigenvalue weighted by Crippen LogP contribution is -2.40. The van der Waals surface area contributed by atoms with Gasteiger partial charge in [0.1, 0.15) is 5.82 Å². The van der Waals surface area contributed by atoms with Crippen molar-refractivity contribution in [2.24, 2.45) is 10.9 Å². The number of nitrogens with zero attached hydrogens (tertiary/aromatic N) is 2. The van der Waals surface area contributed by atoms with Crippen LogP contribution in [0.2, 0.25) is 0 Å². The number of likely N-dealkylation sites (tertiary alicyclic amines) is 1. The Hall–Kier alpha value is -0.450. The van der Waals surface area contributed by atoms with Crippen molar-refractivity contribution >= 4 is 45.9 Å². The summed E-state index contributed by atoms with van der Waals surface area (Å²) in [7, 11) is 1.68. The highest BCUT2D eigenvalue weighted by Gasteiger charge is 2.25. The predicted molar refractivity (Wildman–Crippen MR) is 117 cm³/mol. The zero-order chi connectivity index (χ0) is 18.1. The Balaban J connectivity index is 0.00000338. The number of hydrogen-bond donors (Lipinski definition) is 1. The summed E-state index contributed by atoms with van der Waals surface area (Å²) < 4.78 is 24.9. The van der Waals surface area contributed by atoms with Gasteiger partial charge in [-0.3, -0.25) is 0 Å². The first-order valence-electron chi connectivity index (χ1n) is 8.68. The minimum atomic E-state index is -0.243. The zero-order valence-corrected chi connectivity index (χ0v) is 19.3. The van der Waals surface area contributed by atoms with E-state index in [1.54, 1.807) is 13.2 Å². The lowest BCUT2D eigenvalue weighted by molar-refractivity contribution is 0.0536. The molecule has 0 bridgehead atoms. The minimum Gasteiger partial charge on any atom is -0.382 e. The van der Waals surface area contributed by atoms with Crippen molar-refractivity contribution in [3.63, 3.8) is 0 Å². The van der Waals surface area contributed by atoms with Gasteiger partial charge >= 0.3 is 0 Å². The average molecular weight is 544 g/mol. The van der Waals surface area contributed by atoms with Crippen molar-refractivity contribution in [1.29, 1.82) is 0 Å². The number of nitrogens with one attached hydrogen (secondary N) is 1. The van der Waals surface area contributed by atoms with E-state index in [1.165, 1.54) is 12.1 Å².